The first-order chi connectivity index (χ1) is 11.2. The van der Waals surface area contributed by atoms with Crippen molar-refractivity contribution < 1.29 is 9.59 Å². The second kappa shape index (κ2) is 5.28. The summed E-state index contributed by atoms with van der Waals surface area (Å²) in [7, 11) is 3.74. The average molecular weight is 367 g/mol. The van der Waals surface area contributed by atoms with Gasteiger partial charge in [-0.3, -0.25) is 9.59 Å². The van der Waals surface area contributed by atoms with Gasteiger partial charge in [0, 0.05) is 35.2 Å². The van der Waals surface area contributed by atoms with Gasteiger partial charge in [0.15, 0.2) is 0 Å². The molecule has 4 aliphatic rings. The summed E-state index contributed by atoms with van der Waals surface area (Å²) in [5.41, 5.74) is 0.133. The van der Waals surface area contributed by atoms with Crippen molar-refractivity contribution in [1.29, 1.82) is 0 Å². The van der Waals surface area contributed by atoms with E-state index in [1.54, 1.807) is 0 Å². The summed E-state index contributed by atoms with van der Waals surface area (Å²) in [5.74, 6) is 4.09. The fourth-order valence-electron chi connectivity index (χ4n) is 6.50. The molecule has 24 heavy (non-hydrogen) atoms. The van der Waals surface area contributed by atoms with Crippen LogP contribution in [-0.2, 0) is 9.59 Å². The number of Topliss-reactive ketones (excluding diaryl/α,β-unsaturated/α-hetero) is 2. The minimum atomic E-state index is -0.0968. The van der Waals surface area contributed by atoms with Crippen LogP contribution in [0.5, 0.6) is 0 Å². The van der Waals surface area contributed by atoms with Crippen molar-refractivity contribution in [2.24, 2.45) is 33.5 Å². The highest BCUT2D eigenvalue weighted by atomic mass is 33.1. The van der Waals surface area contributed by atoms with Crippen molar-refractivity contribution in [3.8, 4) is 0 Å². The van der Waals surface area contributed by atoms with Gasteiger partial charge >= 0.3 is 0 Å². The third-order valence-electron chi connectivity index (χ3n) is 8.97. The van der Waals surface area contributed by atoms with Crippen molar-refractivity contribution in [1.82, 2.24) is 0 Å². The van der Waals surface area contributed by atoms with E-state index < -0.39 is 0 Å². The second-order valence-corrected chi connectivity index (χ2v) is 12.3. The van der Waals surface area contributed by atoms with E-state index in [1.807, 2.05) is 21.6 Å². The molecule has 0 radical (unpaired) electrons. The van der Waals surface area contributed by atoms with Gasteiger partial charge in [-0.2, -0.15) is 0 Å². The van der Waals surface area contributed by atoms with Crippen LogP contribution in [0.3, 0.4) is 0 Å². The summed E-state index contributed by atoms with van der Waals surface area (Å²) in [4.78, 5) is 25.3. The van der Waals surface area contributed by atoms with Gasteiger partial charge in [-0.05, 0) is 48.3 Å². The van der Waals surface area contributed by atoms with E-state index in [1.165, 1.54) is 12.8 Å². The molecule has 0 N–H and O–H groups in total. The SMILES string of the molecule is CC1(C)C2CCC1(CSSCC13CCC(CC1=O)C3(C)C)C(=O)C2. The molecule has 134 valence electrons. The minimum absolute atomic E-state index is 0.0968. The van der Waals surface area contributed by atoms with Crippen LogP contribution in [0.25, 0.3) is 0 Å². The Labute approximate surface area is 154 Å². The molecule has 0 aromatic rings. The topological polar surface area (TPSA) is 34.1 Å². The van der Waals surface area contributed by atoms with Gasteiger partial charge in [0.1, 0.15) is 11.6 Å². The van der Waals surface area contributed by atoms with Crippen LogP contribution in [0.2, 0.25) is 0 Å². The van der Waals surface area contributed by atoms with Gasteiger partial charge < -0.3 is 0 Å². The Kier molecular flexibility index (Phi) is 3.84. The predicted molar refractivity (Wildman–Crippen MR) is 102 cm³/mol. The maximum atomic E-state index is 12.6. The van der Waals surface area contributed by atoms with Crippen LogP contribution in [0.1, 0.15) is 66.2 Å². The third kappa shape index (κ3) is 1.93. The minimum Gasteiger partial charge on any atom is -0.299 e. The Morgan fingerprint density at radius 3 is 1.42 bits per heavy atom. The second-order valence-electron chi connectivity index (χ2n) is 9.86. The zero-order valence-electron chi connectivity index (χ0n) is 15.4. The molecule has 4 bridgehead atoms. The molecule has 0 saturated heterocycles. The van der Waals surface area contributed by atoms with Crippen LogP contribution < -0.4 is 0 Å². The van der Waals surface area contributed by atoms with Crippen molar-refractivity contribution >= 4 is 33.2 Å². The maximum Gasteiger partial charge on any atom is 0.140 e. The lowest BCUT2D eigenvalue weighted by Crippen LogP contribution is -2.39. The largest absolute Gasteiger partial charge is 0.299 e. The standard InChI is InChI=1S/C20H30O2S2/c1-17(2)13-5-7-19(17,15(21)9-13)11-23-24-12-20-8-6-14(10-16(20)22)18(20,3)4/h13-14H,5-12H2,1-4H3. The summed E-state index contributed by atoms with van der Waals surface area (Å²) in [6, 6.07) is 0. The summed E-state index contributed by atoms with van der Waals surface area (Å²) < 4.78 is 0. The lowest BCUT2D eigenvalue weighted by molar-refractivity contribution is -0.128. The quantitative estimate of drug-likeness (QED) is 0.497. The molecule has 4 atom stereocenters. The van der Waals surface area contributed by atoms with Crippen molar-refractivity contribution in [2.75, 3.05) is 11.5 Å². The number of fused-ring (bicyclic) bond motifs is 4. The van der Waals surface area contributed by atoms with Crippen molar-refractivity contribution in [3.63, 3.8) is 0 Å². The Bertz CT molecular complexity index is 544. The fourth-order valence-corrected chi connectivity index (χ4v) is 10.1. The fraction of sp³-hybridized carbons (Fsp3) is 0.900. The number of hydrogen-bond donors (Lipinski definition) is 0. The van der Waals surface area contributed by atoms with Crippen LogP contribution >= 0.6 is 21.6 Å². The van der Waals surface area contributed by atoms with Gasteiger partial charge in [-0.15, -0.1) is 0 Å². The molecule has 2 nitrogen and oxygen atoms in total. The summed E-state index contributed by atoms with van der Waals surface area (Å²) in [6.07, 6.45) is 6.20. The monoisotopic (exact) mass is 366 g/mol. The first kappa shape index (κ1) is 17.5. The van der Waals surface area contributed by atoms with Crippen LogP contribution in [-0.4, -0.2) is 23.1 Å². The first-order valence-corrected chi connectivity index (χ1v) is 12.0. The highest BCUT2D eigenvalue weighted by molar-refractivity contribution is 8.76. The maximum absolute atomic E-state index is 12.6. The number of ketones is 2. The van der Waals surface area contributed by atoms with Crippen LogP contribution in [0.4, 0.5) is 0 Å². The lowest BCUT2D eigenvalue weighted by Gasteiger charge is -2.38. The smallest absolute Gasteiger partial charge is 0.140 e. The van der Waals surface area contributed by atoms with Gasteiger partial charge in [0.05, 0.1) is 0 Å². The molecule has 0 heterocycles. The number of hydrogen-bond acceptors (Lipinski definition) is 4. The Morgan fingerprint density at radius 2 is 1.17 bits per heavy atom. The van der Waals surface area contributed by atoms with Crippen LogP contribution in [0, 0.1) is 33.5 Å². The summed E-state index contributed by atoms with van der Waals surface area (Å²) in [6.45, 7) is 9.24. The molecule has 4 unspecified atom stereocenters. The Hall–Kier alpha value is 0.0400. The van der Waals surface area contributed by atoms with Gasteiger partial charge in [-0.1, -0.05) is 49.3 Å². The Morgan fingerprint density at radius 1 is 0.792 bits per heavy atom. The van der Waals surface area contributed by atoms with E-state index in [2.05, 4.69) is 27.7 Å². The molecular weight excluding hydrogens is 336 g/mol. The highest BCUT2D eigenvalue weighted by Gasteiger charge is 2.65. The molecule has 4 rings (SSSR count). The molecular formula is C20H30O2S2. The van der Waals surface area contributed by atoms with E-state index in [-0.39, 0.29) is 21.7 Å². The molecule has 4 saturated carbocycles. The molecule has 4 heteroatoms. The molecule has 0 aromatic carbocycles. The number of carbonyl (C=O) groups is 2. The number of carbonyl (C=O) groups excluding carboxylic acids is 2. The van der Waals surface area contributed by atoms with E-state index in [0.717, 1.165) is 37.2 Å². The lowest BCUT2D eigenvalue weighted by atomic mass is 9.70. The van der Waals surface area contributed by atoms with E-state index in [4.69, 9.17) is 0 Å². The molecule has 4 fully saturated rings. The zero-order chi connectivity index (χ0) is 17.4. The first-order valence-electron chi connectivity index (χ1n) is 9.48. The van der Waals surface area contributed by atoms with Crippen molar-refractivity contribution in [3.05, 3.63) is 0 Å². The zero-order valence-corrected chi connectivity index (χ0v) is 17.1. The highest BCUT2D eigenvalue weighted by Crippen LogP contribution is 2.67. The van der Waals surface area contributed by atoms with Gasteiger partial charge in [0.2, 0.25) is 0 Å². The van der Waals surface area contributed by atoms with Gasteiger partial charge in [-0.25, -0.2) is 0 Å². The van der Waals surface area contributed by atoms with Crippen molar-refractivity contribution in [2.45, 2.75) is 66.2 Å². The third-order valence-corrected chi connectivity index (χ3v) is 11.6. The van der Waals surface area contributed by atoms with Gasteiger partial charge in [0.25, 0.3) is 0 Å². The molecule has 0 spiro atoms. The van der Waals surface area contributed by atoms with E-state index in [9.17, 15) is 9.59 Å². The predicted octanol–water partition coefficient (Wildman–Crippen LogP) is 5.16. The van der Waals surface area contributed by atoms with Crippen LogP contribution in [0.15, 0.2) is 0 Å². The van der Waals surface area contributed by atoms with E-state index >= 15 is 0 Å². The Balaban J connectivity index is 1.41. The normalized spacial score (nSPS) is 44.7. The molecule has 0 amide bonds. The summed E-state index contributed by atoms with van der Waals surface area (Å²) in [5, 5.41) is 0. The molecule has 0 aromatic heterocycles. The molecule has 4 aliphatic carbocycles. The average Bonchev–Trinajstić information content (AvgIpc) is 3.04. The number of rotatable bonds is 5. The summed E-state index contributed by atoms with van der Waals surface area (Å²) >= 11 is 0. The van der Waals surface area contributed by atoms with E-state index in [0.29, 0.717) is 23.4 Å². The molecule has 0 aliphatic heterocycles.